The van der Waals surface area contributed by atoms with Gasteiger partial charge in [-0.05, 0) is 38.8 Å². The molecule has 0 aliphatic carbocycles. The highest BCUT2D eigenvalue weighted by molar-refractivity contribution is 5.93. The van der Waals surface area contributed by atoms with Gasteiger partial charge in [0, 0.05) is 0 Å². The molecule has 0 spiro atoms. The van der Waals surface area contributed by atoms with Crippen LogP contribution in [0.1, 0.15) is 34.4 Å². The average molecular weight is 343 g/mol. The Labute approximate surface area is 146 Å². The first-order valence-electron chi connectivity index (χ1n) is 7.94. The molecule has 6 heteroatoms. The standard InChI is InChI=1S/C19H21NO5/c1-12-9-16(14(3)25-12)19(23)24-11-18(22)20-17(13(2)21)10-15-7-5-4-6-8-15/h4-9,17H,10-11H2,1-3H3,(H,20,22)/t17-/m0/s1. The average Bonchev–Trinajstić information content (AvgIpc) is 2.91. The van der Waals surface area contributed by atoms with E-state index < -0.39 is 24.5 Å². The van der Waals surface area contributed by atoms with Crippen molar-refractivity contribution in [3.05, 3.63) is 59.0 Å². The van der Waals surface area contributed by atoms with E-state index in [1.807, 2.05) is 30.3 Å². The van der Waals surface area contributed by atoms with E-state index in [4.69, 9.17) is 9.15 Å². The normalized spacial score (nSPS) is 11.6. The summed E-state index contributed by atoms with van der Waals surface area (Å²) >= 11 is 0. The quantitative estimate of drug-likeness (QED) is 0.780. The molecule has 132 valence electrons. The molecule has 2 rings (SSSR count). The summed E-state index contributed by atoms with van der Waals surface area (Å²) < 4.78 is 10.3. The zero-order valence-corrected chi connectivity index (χ0v) is 14.5. The number of benzene rings is 1. The number of esters is 1. The minimum absolute atomic E-state index is 0.162. The number of furan rings is 1. The predicted octanol–water partition coefficient (Wildman–Crippen LogP) is 2.37. The van der Waals surface area contributed by atoms with E-state index in [1.165, 1.54) is 6.92 Å². The van der Waals surface area contributed by atoms with Gasteiger partial charge < -0.3 is 14.5 Å². The Hall–Kier alpha value is -2.89. The van der Waals surface area contributed by atoms with Gasteiger partial charge in [-0.2, -0.15) is 0 Å². The van der Waals surface area contributed by atoms with Crippen LogP contribution in [-0.2, 0) is 20.7 Å². The second-order valence-corrected chi connectivity index (χ2v) is 5.82. The largest absolute Gasteiger partial charge is 0.466 e. The molecular weight excluding hydrogens is 322 g/mol. The first-order valence-corrected chi connectivity index (χ1v) is 7.94. The molecule has 1 aromatic carbocycles. The predicted molar refractivity (Wildman–Crippen MR) is 91.2 cm³/mol. The van der Waals surface area contributed by atoms with Crippen molar-refractivity contribution in [1.82, 2.24) is 5.32 Å². The van der Waals surface area contributed by atoms with Crippen molar-refractivity contribution in [2.45, 2.75) is 33.2 Å². The minimum atomic E-state index is -0.661. The van der Waals surface area contributed by atoms with E-state index in [2.05, 4.69) is 5.32 Å². The maximum Gasteiger partial charge on any atom is 0.342 e. The number of rotatable bonds is 7. The molecule has 0 saturated carbocycles. The highest BCUT2D eigenvalue weighted by Crippen LogP contribution is 2.14. The lowest BCUT2D eigenvalue weighted by Gasteiger charge is -2.16. The fourth-order valence-electron chi connectivity index (χ4n) is 2.42. The molecule has 1 atom stereocenters. The molecule has 1 heterocycles. The Morgan fingerprint density at radius 1 is 1.16 bits per heavy atom. The number of hydrogen-bond donors (Lipinski definition) is 1. The van der Waals surface area contributed by atoms with Gasteiger partial charge in [-0.1, -0.05) is 30.3 Å². The van der Waals surface area contributed by atoms with Crippen molar-refractivity contribution < 1.29 is 23.5 Å². The van der Waals surface area contributed by atoms with Crippen LogP contribution in [0, 0.1) is 13.8 Å². The second kappa shape index (κ2) is 8.28. The lowest BCUT2D eigenvalue weighted by molar-refractivity contribution is -0.128. The number of ether oxygens (including phenoxy) is 1. The Bertz CT molecular complexity index is 763. The van der Waals surface area contributed by atoms with Gasteiger partial charge in [-0.3, -0.25) is 9.59 Å². The molecule has 1 aromatic heterocycles. The zero-order valence-electron chi connectivity index (χ0n) is 14.5. The van der Waals surface area contributed by atoms with E-state index in [9.17, 15) is 14.4 Å². The molecular formula is C19H21NO5. The number of aryl methyl sites for hydroxylation is 2. The van der Waals surface area contributed by atoms with Gasteiger partial charge in [-0.15, -0.1) is 0 Å². The first-order chi connectivity index (χ1) is 11.9. The summed E-state index contributed by atoms with van der Waals surface area (Å²) in [6.45, 7) is 4.32. The molecule has 6 nitrogen and oxygen atoms in total. The molecule has 2 aromatic rings. The van der Waals surface area contributed by atoms with Crippen molar-refractivity contribution in [3.63, 3.8) is 0 Å². The summed E-state index contributed by atoms with van der Waals surface area (Å²) in [5.41, 5.74) is 1.22. The molecule has 0 fully saturated rings. The summed E-state index contributed by atoms with van der Waals surface area (Å²) in [6.07, 6.45) is 0.385. The maximum atomic E-state index is 12.0. The SMILES string of the molecule is CC(=O)[C@H](Cc1ccccc1)NC(=O)COC(=O)c1cc(C)oc1C. The van der Waals surface area contributed by atoms with Crippen LogP contribution < -0.4 is 5.32 Å². The Morgan fingerprint density at radius 2 is 1.84 bits per heavy atom. The number of amides is 1. The van der Waals surface area contributed by atoms with Crippen molar-refractivity contribution in [2.75, 3.05) is 6.61 Å². The summed E-state index contributed by atoms with van der Waals surface area (Å²) in [7, 11) is 0. The van der Waals surface area contributed by atoms with E-state index in [0.29, 0.717) is 17.9 Å². The van der Waals surface area contributed by atoms with E-state index >= 15 is 0 Å². The van der Waals surface area contributed by atoms with Gasteiger partial charge in [-0.25, -0.2) is 4.79 Å². The number of nitrogens with one attached hydrogen (secondary N) is 1. The number of ketones is 1. The van der Waals surface area contributed by atoms with Crippen LogP contribution in [0.5, 0.6) is 0 Å². The molecule has 25 heavy (non-hydrogen) atoms. The van der Waals surface area contributed by atoms with Gasteiger partial charge >= 0.3 is 5.97 Å². The van der Waals surface area contributed by atoms with Gasteiger partial charge in [0.05, 0.1) is 6.04 Å². The molecule has 1 N–H and O–H groups in total. The van der Waals surface area contributed by atoms with Crippen LogP contribution in [-0.4, -0.2) is 30.3 Å². The summed E-state index contributed by atoms with van der Waals surface area (Å²) in [6, 6.07) is 10.3. The fraction of sp³-hybridized carbons (Fsp3) is 0.316. The lowest BCUT2D eigenvalue weighted by Crippen LogP contribution is -2.43. The van der Waals surface area contributed by atoms with Gasteiger partial charge in [0.2, 0.25) is 0 Å². The van der Waals surface area contributed by atoms with E-state index in [-0.39, 0.29) is 11.3 Å². The third kappa shape index (κ3) is 5.31. The summed E-state index contributed by atoms with van der Waals surface area (Å²) in [5.74, 6) is -0.291. The van der Waals surface area contributed by atoms with Crippen molar-refractivity contribution >= 4 is 17.7 Å². The Kier molecular flexibility index (Phi) is 6.11. The highest BCUT2D eigenvalue weighted by Gasteiger charge is 2.20. The molecule has 0 saturated heterocycles. The molecule has 0 aliphatic heterocycles. The van der Waals surface area contributed by atoms with Gasteiger partial charge in [0.25, 0.3) is 5.91 Å². The molecule has 1 amide bonds. The number of carbonyl (C=O) groups excluding carboxylic acids is 3. The number of Topliss-reactive ketones (excluding diaryl/α,β-unsaturated/α-hetero) is 1. The third-order valence-corrected chi connectivity index (χ3v) is 3.70. The number of hydrogen-bond acceptors (Lipinski definition) is 5. The van der Waals surface area contributed by atoms with Crippen LogP contribution in [0.3, 0.4) is 0 Å². The highest BCUT2D eigenvalue weighted by atomic mass is 16.5. The van der Waals surface area contributed by atoms with Crippen molar-refractivity contribution in [1.29, 1.82) is 0 Å². The van der Waals surface area contributed by atoms with Crippen LogP contribution in [0.4, 0.5) is 0 Å². The Balaban J connectivity index is 1.90. The monoisotopic (exact) mass is 343 g/mol. The van der Waals surface area contributed by atoms with Crippen LogP contribution in [0.15, 0.2) is 40.8 Å². The van der Waals surface area contributed by atoms with Gasteiger partial charge in [0.15, 0.2) is 12.4 Å². The van der Waals surface area contributed by atoms with Crippen molar-refractivity contribution in [3.8, 4) is 0 Å². The van der Waals surface area contributed by atoms with E-state index in [0.717, 1.165) is 5.56 Å². The second-order valence-electron chi connectivity index (χ2n) is 5.82. The van der Waals surface area contributed by atoms with Crippen LogP contribution >= 0.6 is 0 Å². The third-order valence-electron chi connectivity index (χ3n) is 3.70. The van der Waals surface area contributed by atoms with Gasteiger partial charge in [0.1, 0.15) is 17.1 Å². The Morgan fingerprint density at radius 3 is 2.40 bits per heavy atom. The molecule has 0 bridgehead atoms. The molecule has 0 aliphatic rings. The topological polar surface area (TPSA) is 85.6 Å². The van der Waals surface area contributed by atoms with Crippen molar-refractivity contribution in [2.24, 2.45) is 0 Å². The first kappa shape index (κ1) is 18.4. The fourth-order valence-corrected chi connectivity index (χ4v) is 2.42. The van der Waals surface area contributed by atoms with Crippen LogP contribution in [0.25, 0.3) is 0 Å². The summed E-state index contributed by atoms with van der Waals surface area (Å²) in [4.78, 5) is 35.7. The molecule has 0 radical (unpaired) electrons. The van der Waals surface area contributed by atoms with Crippen LogP contribution in [0.2, 0.25) is 0 Å². The number of carbonyl (C=O) groups is 3. The lowest BCUT2D eigenvalue weighted by atomic mass is 10.0. The summed E-state index contributed by atoms with van der Waals surface area (Å²) in [5, 5.41) is 2.60. The minimum Gasteiger partial charge on any atom is -0.466 e. The smallest absolute Gasteiger partial charge is 0.342 e. The maximum absolute atomic E-state index is 12.0. The molecule has 0 unspecified atom stereocenters. The zero-order chi connectivity index (χ0) is 18.4. The van der Waals surface area contributed by atoms with E-state index in [1.54, 1.807) is 19.9 Å².